The van der Waals surface area contributed by atoms with Crippen molar-refractivity contribution in [1.29, 1.82) is 0 Å². The van der Waals surface area contributed by atoms with Gasteiger partial charge in [0.05, 0.1) is 11.2 Å². The molecule has 1 aromatic rings. The van der Waals surface area contributed by atoms with Crippen LogP contribution in [-0.4, -0.2) is 29.8 Å². The van der Waals surface area contributed by atoms with Crippen LogP contribution in [-0.2, 0) is 9.31 Å². The molecule has 0 saturated carbocycles. The number of pyridine rings is 1. The normalized spacial score (nSPS) is 20.2. The van der Waals surface area contributed by atoms with Crippen molar-refractivity contribution in [3.05, 3.63) is 18.1 Å². The summed E-state index contributed by atoms with van der Waals surface area (Å²) in [7, 11) is -0.570. The van der Waals surface area contributed by atoms with E-state index < -0.39 is 24.3 Å². The van der Waals surface area contributed by atoms with Crippen molar-refractivity contribution in [2.75, 3.05) is 11.9 Å². The van der Waals surface area contributed by atoms with Crippen molar-refractivity contribution in [3.8, 4) is 0 Å². The molecule has 0 atom stereocenters. The van der Waals surface area contributed by atoms with Gasteiger partial charge in [0.2, 0.25) is 5.95 Å². The van der Waals surface area contributed by atoms with E-state index in [2.05, 4.69) is 10.3 Å². The smallest absolute Gasteiger partial charge is 0.399 e. The molecule has 1 aromatic heterocycles. The van der Waals surface area contributed by atoms with E-state index in [4.69, 9.17) is 9.31 Å². The lowest BCUT2D eigenvalue weighted by molar-refractivity contribution is 0.00578. The van der Waals surface area contributed by atoms with Gasteiger partial charge in [0, 0.05) is 6.54 Å². The summed E-state index contributed by atoms with van der Waals surface area (Å²) >= 11 is 0. The van der Waals surface area contributed by atoms with E-state index in [1.165, 1.54) is 6.07 Å². The Morgan fingerprint density at radius 2 is 1.80 bits per heavy atom. The fraction of sp³-hybridized carbons (Fsp3) is 0.643. The number of halogens is 1. The molecule has 0 aromatic carbocycles. The van der Waals surface area contributed by atoms with Crippen LogP contribution < -0.4 is 10.8 Å². The molecule has 6 heteroatoms. The molecule has 110 valence electrons. The van der Waals surface area contributed by atoms with Gasteiger partial charge in [-0.3, -0.25) is 0 Å². The Hall–Kier alpha value is -1.14. The van der Waals surface area contributed by atoms with Crippen molar-refractivity contribution in [2.24, 2.45) is 0 Å². The Morgan fingerprint density at radius 1 is 1.20 bits per heavy atom. The minimum Gasteiger partial charge on any atom is -0.399 e. The van der Waals surface area contributed by atoms with Crippen LogP contribution in [0.25, 0.3) is 0 Å². The van der Waals surface area contributed by atoms with E-state index >= 15 is 0 Å². The molecule has 1 fully saturated rings. The predicted octanol–water partition coefficient (Wildman–Crippen LogP) is 2.34. The number of anilines is 1. The highest BCUT2D eigenvalue weighted by molar-refractivity contribution is 6.62. The van der Waals surface area contributed by atoms with Crippen LogP contribution in [0.5, 0.6) is 0 Å². The molecule has 0 amide bonds. The standard InChI is InChI=1S/C14H22BFN2O2/c1-6-7-17-12-9-10(8-11(16)18-12)15-19-13(2,3)14(4,5)20-15/h8-9H,6-7H2,1-5H3,(H,17,18). The van der Waals surface area contributed by atoms with Crippen molar-refractivity contribution in [3.63, 3.8) is 0 Å². The van der Waals surface area contributed by atoms with Crippen molar-refractivity contribution in [1.82, 2.24) is 4.98 Å². The zero-order valence-corrected chi connectivity index (χ0v) is 12.8. The van der Waals surface area contributed by atoms with Crippen molar-refractivity contribution < 1.29 is 13.7 Å². The minimum absolute atomic E-state index is 0.436. The lowest BCUT2D eigenvalue weighted by Gasteiger charge is -2.32. The largest absolute Gasteiger partial charge is 0.495 e. The molecule has 0 radical (unpaired) electrons. The van der Waals surface area contributed by atoms with Gasteiger partial charge in [-0.15, -0.1) is 0 Å². The Balaban J connectivity index is 2.23. The lowest BCUT2D eigenvalue weighted by atomic mass is 9.79. The second-order valence-electron chi connectivity index (χ2n) is 6.12. The molecule has 0 aliphatic carbocycles. The van der Waals surface area contributed by atoms with Crippen LogP contribution in [0.15, 0.2) is 12.1 Å². The fourth-order valence-electron chi connectivity index (χ4n) is 1.98. The SMILES string of the molecule is CCCNc1cc(B2OC(C)(C)C(C)(C)O2)cc(F)n1. The quantitative estimate of drug-likeness (QED) is 0.679. The first-order valence-electron chi connectivity index (χ1n) is 7.02. The van der Waals surface area contributed by atoms with Crippen LogP contribution >= 0.6 is 0 Å². The second-order valence-corrected chi connectivity index (χ2v) is 6.12. The summed E-state index contributed by atoms with van der Waals surface area (Å²) in [5.41, 5.74) is -0.224. The number of nitrogens with one attached hydrogen (secondary N) is 1. The van der Waals surface area contributed by atoms with Gasteiger partial charge in [-0.1, -0.05) is 6.92 Å². The molecule has 2 rings (SSSR count). The maximum Gasteiger partial charge on any atom is 0.495 e. The molecular weight excluding hydrogens is 258 g/mol. The summed E-state index contributed by atoms with van der Waals surface area (Å²) in [6, 6.07) is 3.14. The predicted molar refractivity (Wildman–Crippen MR) is 78.7 cm³/mol. The lowest BCUT2D eigenvalue weighted by Crippen LogP contribution is -2.41. The number of aromatic nitrogens is 1. The molecule has 20 heavy (non-hydrogen) atoms. The first kappa shape index (κ1) is 15.3. The average molecular weight is 280 g/mol. The Kier molecular flexibility index (Phi) is 4.07. The maximum absolute atomic E-state index is 13.6. The first-order valence-corrected chi connectivity index (χ1v) is 7.02. The zero-order valence-electron chi connectivity index (χ0n) is 12.8. The van der Waals surface area contributed by atoms with Crippen LogP contribution in [0, 0.1) is 5.95 Å². The number of rotatable bonds is 4. The molecule has 2 heterocycles. The van der Waals surface area contributed by atoms with Gasteiger partial charge in [-0.2, -0.15) is 4.39 Å². The molecule has 1 aliphatic rings. The summed E-state index contributed by atoms with van der Waals surface area (Å²) < 4.78 is 25.5. The van der Waals surface area contributed by atoms with Crippen LogP contribution in [0.3, 0.4) is 0 Å². The third kappa shape index (κ3) is 2.96. The fourth-order valence-corrected chi connectivity index (χ4v) is 1.98. The minimum atomic E-state index is -0.570. The number of hydrogen-bond donors (Lipinski definition) is 1. The van der Waals surface area contributed by atoms with Gasteiger partial charge in [-0.25, -0.2) is 4.98 Å². The molecule has 0 spiro atoms. The summed E-state index contributed by atoms with van der Waals surface area (Å²) in [6.07, 6.45) is 0.948. The highest BCUT2D eigenvalue weighted by atomic mass is 19.1. The summed E-state index contributed by atoms with van der Waals surface area (Å²) in [4.78, 5) is 3.83. The van der Waals surface area contributed by atoms with Crippen molar-refractivity contribution >= 4 is 18.4 Å². The molecule has 1 N–H and O–H groups in total. The maximum atomic E-state index is 13.6. The average Bonchev–Trinajstić information content (AvgIpc) is 2.55. The van der Waals surface area contributed by atoms with Gasteiger partial charge in [0.25, 0.3) is 0 Å². The van der Waals surface area contributed by atoms with E-state index in [1.807, 2.05) is 34.6 Å². The van der Waals surface area contributed by atoms with Crippen LogP contribution in [0.2, 0.25) is 0 Å². The number of hydrogen-bond acceptors (Lipinski definition) is 4. The Labute approximate surface area is 120 Å². The van der Waals surface area contributed by atoms with Crippen LogP contribution in [0.4, 0.5) is 10.2 Å². The third-order valence-corrected chi connectivity index (χ3v) is 3.90. The highest BCUT2D eigenvalue weighted by Crippen LogP contribution is 2.36. The Bertz CT molecular complexity index is 478. The highest BCUT2D eigenvalue weighted by Gasteiger charge is 2.51. The molecular formula is C14H22BFN2O2. The third-order valence-electron chi connectivity index (χ3n) is 3.90. The molecule has 1 aliphatic heterocycles. The van der Waals surface area contributed by atoms with E-state index in [0.717, 1.165) is 13.0 Å². The topological polar surface area (TPSA) is 43.4 Å². The molecule has 0 bridgehead atoms. The van der Waals surface area contributed by atoms with E-state index in [-0.39, 0.29) is 0 Å². The van der Waals surface area contributed by atoms with E-state index in [1.54, 1.807) is 6.07 Å². The van der Waals surface area contributed by atoms with Crippen LogP contribution in [0.1, 0.15) is 41.0 Å². The molecule has 0 unspecified atom stereocenters. The van der Waals surface area contributed by atoms with Gasteiger partial charge in [-0.05, 0) is 51.7 Å². The van der Waals surface area contributed by atoms with E-state index in [9.17, 15) is 4.39 Å². The van der Waals surface area contributed by atoms with Crippen molar-refractivity contribution in [2.45, 2.75) is 52.2 Å². The first-order chi connectivity index (χ1) is 9.25. The van der Waals surface area contributed by atoms with Gasteiger partial charge in [0.15, 0.2) is 0 Å². The van der Waals surface area contributed by atoms with Gasteiger partial charge in [0.1, 0.15) is 5.82 Å². The summed E-state index contributed by atoms with van der Waals surface area (Å²) in [6.45, 7) is 10.7. The zero-order chi connectivity index (χ0) is 15.0. The monoisotopic (exact) mass is 280 g/mol. The number of nitrogens with zero attached hydrogens (tertiary/aromatic N) is 1. The summed E-state index contributed by atoms with van der Waals surface area (Å²) in [5.74, 6) is -0.0209. The summed E-state index contributed by atoms with van der Waals surface area (Å²) in [5, 5.41) is 3.08. The molecule has 1 saturated heterocycles. The van der Waals surface area contributed by atoms with E-state index in [0.29, 0.717) is 11.3 Å². The van der Waals surface area contributed by atoms with Gasteiger partial charge >= 0.3 is 7.12 Å². The van der Waals surface area contributed by atoms with Gasteiger partial charge < -0.3 is 14.6 Å². The Morgan fingerprint density at radius 3 is 2.35 bits per heavy atom. The second kappa shape index (κ2) is 5.33. The molecule has 4 nitrogen and oxygen atoms in total.